The average Bonchev–Trinajstić information content (AvgIpc) is 2.98. The van der Waals surface area contributed by atoms with Gasteiger partial charge in [-0.25, -0.2) is 8.42 Å². The van der Waals surface area contributed by atoms with Gasteiger partial charge < -0.3 is 15.4 Å². The highest BCUT2D eigenvalue weighted by Gasteiger charge is 2.23. The van der Waals surface area contributed by atoms with Crippen LogP contribution in [0.1, 0.15) is 40.5 Å². The van der Waals surface area contributed by atoms with Gasteiger partial charge in [0, 0.05) is 25.4 Å². The molecule has 0 aliphatic carbocycles. The molecule has 1 aliphatic heterocycles. The first kappa shape index (κ1) is 22.9. The van der Waals surface area contributed by atoms with Gasteiger partial charge >= 0.3 is 0 Å². The van der Waals surface area contributed by atoms with Crippen molar-refractivity contribution in [3.05, 3.63) is 0 Å². The summed E-state index contributed by atoms with van der Waals surface area (Å²) in [6, 6.07) is 0.156. The third-order valence-corrected chi connectivity index (χ3v) is 5.35. The highest BCUT2D eigenvalue weighted by molar-refractivity contribution is 14.0. The molecule has 1 fully saturated rings. The number of rotatable bonds is 8. The fraction of sp³-hybridized carbons (Fsp3) is 0.933. The largest absolute Gasteiger partial charge is 0.376 e. The summed E-state index contributed by atoms with van der Waals surface area (Å²) in [5.74, 6) is 1.42. The third-order valence-electron chi connectivity index (χ3n) is 3.65. The summed E-state index contributed by atoms with van der Waals surface area (Å²) in [5, 5.41) is 6.46. The highest BCUT2D eigenvalue weighted by atomic mass is 127. The molecule has 0 saturated carbocycles. The Labute approximate surface area is 158 Å². The fourth-order valence-corrected chi connectivity index (χ4v) is 2.90. The second-order valence-electron chi connectivity index (χ2n) is 6.23. The van der Waals surface area contributed by atoms with Gasteiger partial charge in [0.25, 0.3) is 0 Å². The van der Waals surface area contributed by atoms with Crippen molar-refractivity contribution in [3.63, 3.8) is 0 Å². The minimum atomic E-state index is -2.96. The van der Waals surface area contributed by atoms with Crippen molar-refractivity contribution >= 4 is 39.8 Å². The molecule has 0 aromatic carbocycles. The summed E-state index contributed by atoms with van der Waals surface area (Å²) in [6.45, 7) is 9.84. The molecule has 6 nitrogen and oxygen atoms in total. The van der Waals surface area contributed by atoms with Crippen LogP contribution >= 0.6 is 24.0 Å². The highest BCUT2D eigenvalue weighted by Crippen LogP contribution is 2.15. The first-order valence-corrected chi connectivity index (χ1v) is 10.0. The fourth-order valence-electron chi connectivity index (χ4n) is 2.20. The second-order valence-corrected chi connectivity index (χ2v) is 8.70. The van der Waals surface area contributed by atoms with E-state index in [2.05, 4.69) is 36.4 Å². The Morgan fingerprint density at radius 3 is 2.57 bits per heavy atom. The van der Waals surface area contributed by atoms with Crippen LogP contribution < -0.4 is 10.6 Å². The zero-order valence-electron chi connectivity index (χ0n) is 14.7. The van der Waals surface area contributed by atoms with Crippen molar-refractivity contribution in [1.29, 1.82) is 0 Å². The second kappa shape index (κ2) is 11.5. The third kappa shape index (κ3) is 9.71. The van der Waals surface area contributed by atoms with Gasteiger partial charge in [-0.2, -0.15) is 0 Å². The Hall–Kier alpha value is -0.0900. The van der Waals surface area contributed by atoms with Gasteiger partial charge in [-0.1, -0.05) is 20.8 Å². The summed E-state index contributed by atoms with van der Waals surface area (Å²) < 4.78 is 28.8. The molecular weight excluding hydrogens is 429 g/mol. The quantitative estimate of drug-likeness (QED) is 0.328. The van der Waals surface area contributed by atoms with Crippen molar-refractivity contribution in [3.8, 4) is 0 Å². The Bertz CT molecular complexity index is 449. The molecule has 2 unspecified atom stereocenters. The van der Waals surface area contributed by atoms with E-state index < -0.39 is 9.84 Å². The molecule has 0 spiro atoms. The zero-order valence-corrected chi connectivity index (χ0v) is 17.8. The molecule has 2 atom stereocenters. The Balaban J connectivity index is 0.00000484. The minimum Gasteiger partial charge on any atom is -0.376 e. The van der Waals surface area contributed by atoms with Gasteiger partial charge in [0.15, 0.2) is 15.8 Å². The smallest absolute Gasteiger partial charge is 0.191 e. The molecule has 1 rings (SSSR count). The molecule has 138 valence electrons. The standard InChI is InChI=1S/C15H31N3O3S.HI/c1-5-22(19,20)10-8-16-15(17-11-12(2)3)18-13(4)14-7-6-9-21-14;/h12-14H,5-11H2,1-4H3,(H2,16,17,18);1H. The van der Waals surface area contributed by atoms with E-state index in [0.29, 0.717) is 25.0 Å². The number of nitrogens with zero attached hydrogens (tertiary/aromatic N) is 1. The summed E-state index contributed by atoms with van der Waals surface area (Å²) in [7, 11) is -2.96. The molecule has 0 amide bonds. The predicted octanol–water partition coefficient (Wildman–Crippen LogP) is 1.80. The molecule has 1 saturated heterocycles. The van der Waals surface area contributed by atoms with Crippen LogP contribution in [0.25, 0.3) is 0 Å². The van der Waals surface area contributed by atoms with E-state index in [-0.39, 0.29) is 47.6 Å². The van der Waals surface area contributed by atoms with Crippen molar-refractivity contribution in [2.45, 2.75) is 52.7 Å². The lowest BCUT2D eigenvalue weighted by atomic mass is 10.1. The molecule has 23 heavy (non-hydrogen) atoms. The SMILES string of the molecule is CCS(=O)(=O)CCNC(=NCC(C)C)NC(C)C1CCCO1.I. The van der Waals surface area contributed by atoms with Crippen molar-refractivity contribution < 1.29 is 13.2 Å². The molecular formula is C15H32IN3O3S. The van der Waals surface area contributed by atoms with Gasteiger partial charge in [0.2, 0.25) is 0 Å². The molecule has 1 aliphatic rings. The van der Waals surface area contributed by atoms with Crippen LogP contribution in [0.3, 0.4) is 0 Å². The minimum absolute atomic E-state index is 0. The van der Waals surface area contributed by atoms with Gasteiger partial charge in [-0.3, -0.25) is 4.99 Å². The Morgan fingerprint density at radius 2 is 2.04 bits per heavy atom. The van der Waals surface area contributed by atoms with Gasteiger partial charge in [0.1, 0.15) is 0 Å². The first-order valence-electron chi connectivity index (χ1n) is 8.21. The van der Waals surface area contributed by atoms with Gasteiger partial charge in [0.05, 0.1) is 17.9 Å². The molecule has 0 aromatic heterocycles. The maximum Gasteiger partial charge on any atom is 0.191 e. The number of halogens is 1. The summed E-state index contributed by atoms with van der Waals surface area (Å²) >= 11 is 0. The van der Waals surface area contributed by atoms with Crippen molar-refractivity contribution in [1.82, 2.24) is 10.6 Å². The van der Waals surface area contributed by atoms with Crippen molar-refractivity contribution in [2.24, 2.45) is 10.9 Å². The summed E-state index contributed by atoms with van der Waals surface area (Å²) in [4.78, 5) is 4.52. The number of aliphatic imine (C=N–C) groups is 1. The number of hydrogen-bond donors (Lipinski definition) is 2. The topological polar surface area (TPSA) is 79.8 Å². The van der Waals surface area contributed by atoms with E-state index >= 15 is 0 Å². The van der Waals surface area contributed by atoms with Crippen LogP contribution in [0.4, 0.5) is 0 Å². The molecule has 2 N–H and O–H groups in total. The lowest BCUT2D eigenvalue weighted by Gasteiger charge is -2.23. The molecule has 0 radical (unpaired) electrons. The number of nitrogens with one attached hydrogen (secondary N) is 2. The molecule has 0 aromatic rings. The Morgan fingerprint density at radius 1 is 1.35 bits per heavy atom. The Kier molecular flexibility index (Phi) is 11.4. The monoisotopic (exact) mass is 461 g/mol. The normalized spacial score (nSPS) is 20.2. The van der Waals surface area contributed by atoms with Crippen LogP contribution in [0.5, 0.6) is 0 Å². The van der Waals surface area contributed by atoms with Crippen LogP contribution in [0, 0.1) is 5.92 Å². The average molecular weight is 461 g/mol. The van der Waals surface area contributed by atoms with Crippen LogP contribution in [-0.4, -0.2) is 57.7 Å². The molecule has 8 heteroatoms. The number of ether oxygens (including phenoxy) is 1. The van der Waals surface area contributed by atoms with E-state index in [1.54, 1.807) is 6.92 Å². The number of sulfone groups is 1. The van der Waals surface area contributed by atoms with Crippen LogP contribution in [0.15, 0.2) is 4.99 Å². The van der Waals surface area contributed by atoms with E-state index in [4.69, 9.17) is 4.74 Å². The number of guanidine groups is 1. The number of hydrogen-bond acceptors (Lipinski definition) is 4. The molecule has 1 heterocycles. The predicted molar refractivity (Wildman–Crippen MR) is 106 cm³/mol. The van der Waals surface area contributed by atoms with E-state index in [1.807, 2.05) is 0 Å². The van der Waals surface area contributed by atoms with Crippen LogP contribution in [0.2, 0.25) is 0 Å². The maximum absolute atomic E-state index is 11.6. The van der Waals surface area contributed by atoms with Gasteiger partial charge in [-0.15, -0.1) is 24.0 Å². The van der Waals surface area contributed by atoms with E-state index in [9.17, 15) is 8.42 Å². The van der Waals surface area contributed by atoms with E-state index in [0.717, 1.165) is 19.4 Å². The summed E-state index contributed by atoms with van der Waals surface area (Å²) in [6.07, 6.45) is 2.35. The summed E-state index contributed by atoms with van der Waals surface area (Å²) in [5.41, 5.74) is 0. The zero-order chi connectivity index (χ0) is 16.6. The van der Waals surface area contributed by atoms with Crippen LogP contribution in [-0.2, 0) is 14.6 Å². The lowest BCUT2D eigenvalue weighted by molar-refractivity contribution is 0.0890. The first-order chi connectivity index (χ1) is 10.3. The lowest BCUT2D eigenvalue weighted by Crippen LogP contribution is -2.48. The maximum atomic E-state index is 11.6. The van der Waals surface area contributed by atoms with Gasteiger partial charge in [-0.05, 0) is 25.7 Å². The van der Waals surface area contributed by atoms with E-state index in [1.165, 1.54) is 0 Å². The van der Waals surface area contributed by atoms with Crippen molar-refractivity contribution in [2.75, 3.05) is 31.2 Å². The molecule has 0 bridgehead atoms.